The monoisotopic (exact) mass is 414 g/mol. The lowest BCUT2D eigenvalue weighted by atomic mass is 10.2. The van der Waals surface area contributed by atoms with E-state index in [4.69, 9.17) is 11.6 Å². The molecular weight excluding hydrogens is 396 g/mol. The third kappa shape index (κ3) is 5.70. The molecule has 0 radical (unpaired) electrons. The molecule has 0 bridgehead atoms. The molecule has 0 unspecified atom stereocenters. The zero-order chi connectivity index (χ0) is 19.1. The molecule has 1 aromatic heterocycles. The number of hydrogen-bond donors (Lipinski definition) is 1. The maximum absolute atomic E-state index is 12.2. The number of thioether (sulfide) groups is 1. The third-order valence-electron chi connectivity index (χ3n) is 3.86. The minimum absolute atomic E-state index is 0.123. The lowest BCUT2D eigenvalue weighted by molar-refractivity contribution is -0.120. The van der Waals surface area contributed by atoms with Crippen molar-refractivity contribution in [2.24, 2.45) is 5.10 Å². The van der Waals surface area contributed by atoms with Crippen molar-refractivity contribution < 1.29 is 4.79 Å². The van der Waals surface area contributed by atoms with E-state index in [0.29, 0.717) is 4.34 Å². The van der Waals surface area contributed by atoms with Gasteiger partial charge in [0.05, 0.1) is 11.5 Å². The summed E-state index contributed by atoms with van der Waals surface area (Å²) in [6, 6.07) is 22.1. The van der Waals surface area contributed by atoms with Gasteiger partial charge in [-0.3, -0.25) is 4.79 Å². The van der Waals surface area contributed by atoms with Gasteiger partial charge in [0, 0.05) is 16.2 Å². The maximum Gasteiger partial charge on any atom is 0.252 e. The van der Waals surface area contributed by atoms with Gasteiger partial charge < -0.3 is 0 Å². The predicted molar refractivity (Wildman–Crippen MR) is 118 cm³/mol. The summed E-state index contributed by atoms with van der Waals surface area (Å²) in [5.41, 5.74) is 5.70. The van der Waals surface area contributed by atoms with Gasteiger partial charge in [0.1, 0.15) is 4.34 Å². The number of hydrazone groups is 1. The number of carbonyl (C=O) groups is 1. The van der Waals surface area contributed by atoms with Crippen molar-refractivity contribution in [2.75, 3.05) is 0 Å². The molecule has 0 saturated heterocycles. The summed E-state index contributed by atoms with van der Waals surface area (Å²) in [5.74, 6) is 0.664. The van der Waals surface area contributed by atoms with E-state index in [-0.39, 0.29) is 11.2 Å². The van der Waals surface area contributed by atoms with Crippen molar-refractivity contribution in [3.8, 4) is 10.4 Å². The normalized spacial score (nSPS) is 12.2. The van der Waals surface area contributed by atoms with Crippen LogP contribution >= 0.6 is 34.7 Å². The number of carbonyl (C=O) groups excluding carboxylic acids is 1. The number of benzene rings is 2. The Labute approximate surface area is 172 Å². The van der Waals surface area contributed by atoms with E-state index < -0.39 is 0 Å². The van der Waals surface area contributed by atoms with Gasteiger partial charge in [-0.05, 0) is 24.1 Å². The predicted octanol–water partition coefficient (Wildman–Crippen LogP) is 5.84. The summed E-state index contributed by atoms with van der Waals surface area (Å²) in [4.78, 5) is 13.3. The molecule has 27 heavy (non-hydrogen) atoms. The highest BCUT2D eigenvalue weighted by Gasteiger charge is 2.13. The number of nitrogens with zero attached hydrogens (tertiary/aromatic N) is 1. The Morgan fingerprint density at radius 3 is 2.56 bits per heavy atom. The first-order valence-electron chi connectivity index (χ1n) is 8.46. The van der Waals surface area contributed by atoms with Crippen LogP contribution in [0.1, 0.15) is 18.1 Å². The number of amides is 1. The Balaban J connectivity index is 1.54. The second-order valence-corrected chi connectivity index (χ2v) is 8.86. The molecule has 0 fully saturated rings. The molecule has 2 aromatic carbocycles. The fourth-order valence-electron chi connectivity index (χ4n) is 2.34. The van der Waals surface area contributed by atoms with Crippen molar-refractivity contribution in [2.45, 2.75) is 17.9 Å². The van der Waals surface area contributed by atoms with Gasteiger partial charge in [-0.25, -0.2) is 5.43 Å². The van der Waals surface area contributed by atoms with Crippen molar-refractivity contribution >= 4 is 46.8 Å². The molecule has 3 nitrogen and oxygen atoms in total. The van der Waals surface area contributed by atoms with Crippen LogP contribution in [-0.2, 0) is 10.5 Å². The summed E-state index contributed by atoms with van der Waals surface area (Å²) in [5, 5.41) is 3.88. The Kier molecular flexibility index (Phi) is 7.10. The Hall–Kier alpha value is -2.08. The summed E-state index contributed by atoms with van der Waals surface area (Å²) >= 11 is 9.37. The van der Waals surface area contributed by atoms with Gasteiger partial charge in [-0.1, -0.05) is 72.3 Å². The molecule has 0 aliphatic heterocycles. The number of halogens is 1. The van der Waals surface area contributed by atoms with Crippen molar-refractivity contribution in [1.29, 1.82) is 0 Å². The van der Waals surface area contributed by atoms with E-state index in [0.717, 1.165) is 21.8 Å². The largest absolute Gasteiger partial charge is 0.272 e. The minimum Gasteiger partial charge on any atom is -0.272 e. The fourth-order valence-corrected chi connectivity index (χ4v) is 4.40. The van der Waals surface area contributed by atoms with E-state index in [1.54, 1.807) is 18.0 Å². The Morgan fingerprint density at radius 1 is 1.19 bits per heavy atom. The molecule has 1 N–H and O–H groups in total. The van der Waals surface area contributed by atoms with Crippen LogP contribution < -0.4 is 5.43 Å². The van der Waals surface area contributed by atoms with Crippen LogP contribution in [0.5, 0.6) is 0 Å². The van der Waals surface area contributed by atoms with Crippen LogP contribution in [0.25, 0.3) is 10.4 Å². The van der Waals surface area contributed by atoms with Gasteiger partial charge in [0.2, 0.25) is 0 Å². The zero-order valence-corrected chi connectivity index (χ0v) is 17.2. The first-order chi connectivity index (χ1) is 13.1. The molecule has 0 spiro atoms. The Morgan fingerprint density at radius 2 is 1.85 bits per heavy atom. The van der Waals surface area contributed by atoms with Crippen LogP contribution in [0.15, 0.2) is 71.8 Å². The molecule has 1 heterocycles. The zero-order valence-electron chi connectivity index (χ0n) is 14.8. The van der Waals surface area contributed by atoms with Gasteiger partial charge in [0.15, 0.2) is 0 Å². The van der Waals surface area contributed by atoms with E-state index in [1.165, 1.54) is 16.9 Å². The lowest BCUT2D eigenvalue weighted by Crippen LogP contribution is -2.26. The van der Waals surface area contributed by atoms with Gasteiger partial charge in [-0.2, -0.15) is 5.10 Å². The molecule has 3 rings (SSSR count). The first kappa shape index (κ1) is 19.7. The summed E-state index contributed by atoms with van der Waals surface area (Å²) < 4.78 is 0.651. The quantitative estimate of drug-likeness (QED) is 0.389. The van der Waals surface area contributed by atoms with Crippen LogP contribution in [-0.4, -0.2) is 17.4 Å². The molecule has 0 aliphatic rings. The fraction of sp³-hybridized carbons (Fsp3) is 0.143. The van der Waals surface area contributed by atoms with E-state index in [9.17, 15) is 4.79 Å². The van der Waals surface area contributed by atoms with Gasteiger partial charge >= 0.3 is 0 Å². The number of thiophene rings is 1. The highest BCUT2D eigenvalue weighted by Crippen LogP contribution is 2.33. The van der Waals surface area contributed by atoms with Crippen molar-refractivity contribution in [1.82, 2.24) is 5.43 Å². The molecule has 1 amide bonds. The standard InChI is InChI=1S/C21H19ClN2OS2/c1-15(26-14-16-8-4-2-5-9-16)21(25)24-23-13-18-12-19(27-20(18)22)17-10-6-3-7-11-17/h2-13,15H,14H2,1H3,(H,24,25)/t15-/m1/s1. The average molecular weight is 415 g/mol. The van der Waals surface area contributed by atoms with Crippen LogP contribution in [0.3, 0.4) is 0 Å². The second-order valence-electron chi connectivity index (χ2n) is 5.88. The highest BCUT2D eigenvalue weighted by atomic mass is 35.5. The average Bonchev–Trinajstić information content (AvgIpc) is 3.08. The van der Waals surface area contributed by atoms with Crippen LogP contribution in [0, 0.1) is 0 Å². The number of hydrogen-bond acceptors (Lipinski definition) is 4. The molecule has 138 valence electrons. The minimum atomic E-state index is -0.194. The summed E-state index contributed by atoms with van der Waals surface area (Å²) in [6.07, 6.45) is 1.59. The number of nitrogens with one attached hydrogen (secondary N) is 1. The van der Waals surface area contributed by atoms with Crippen molar-refractivity contribution in [3.63, 3.8) is 0 Å². The van der Waals surface area contributed by atoms with Crippen LogP contribution in [0.4, 0.5) is 0 Å². The third-order valence-corrected chi connectivity index (χ3v) is 6.51. The summed E-state index contributed by atoms with van der Waals surface area (Å²) in [7, 11) is 0. The van der Waals surface area contributed by atoms with E-state index in [2.05, 4.69) is 22.7 Å². The first-order valence-corrected chi connectivity index (χ1v) is 10.7. The van der Waals surface area contributed by atoms with Gasteiger partial charge in [0.25, 0.3) is 5.91 Å². The lowest BCUT2D eigenvalue weighted by Gasteiger charge is -2.09. The molecule has 0 aliphatic carbocycles. The molecule has 3 aromatic rings. The smallest absolute Gasteiger partial charge is 0.252 e. The topological polar surface area (TPSA) is 41.5 Å². The molecular formula is C21H19ClN2OS2. The molecule has 6 heteroatoms. The second kappa shape index (κ2) is 9.74. The molecule has 1 atom stereocenters. The number of rotatable bonds is 7. The summed E-state index contributed by atoms with van der Waals surface area (Å²) in [6.45, 7) is 1.88. The molecule has 0 saturated carbocycles. The van der Waals surface area contributed by atoms with Crippen LogP contribution in [0.2, 0.25) is 4.34 Å². The SMILES string of the molecule is C[C@@H](SCc1ccccc1)C(=O)NN=Cc1cc(-c2ccccc2)sc1Cl. The maximum atomic E-state index is 12.2. The van der Waals surface area contributed by atoms with Crippen molar-refractivity contribution in [3.05, 3.63) is 82.2 Å². The van der Waals surface area contributed by atoms with Gasteiger partial charge in [-0.15, -0.1) is 23.1 Å². The Bertz CT molecular complexity index is 910. The van der Waals surface area contributed by atoms with E-state index >= 15 is 0 Å². The van der Waals surface area contributed by atoms with E-state index in [1.807, 2.05) is 61.5 Å². The highest BCUT2D eigenvalue weighted by molar-refractivity contribution is 7.99.